The van der Waals surface area contributed by atoms with Crippen LogP contribution in [-0.2, 0) is 9.59 Å². The summed E-state index contributed by atoms with van der Waals surface area (Å²) in [4.78, 5) is 32.2. The molecule has 0 spiro atoms. The molecule has 33 heavy (non-hydrogen) atoms. The fourth-order valence-corrected chi connectivity index (χ4v) is 5.31. The van der Waals surface area contributed by atoms with Gasteiger partial charge in [-0.2, -0.15) is 0 Å². The number of nitrogens with zero attached hydrogens (tertiary/aromatic N) is 2. The highest BCUT2D eigenvalue weighted by atomic mass is 79.9. The Morgan fingerprint density at radius 1 is 1.09 bits per heavy atom. The van der Waals surface area contributed by atoms with E-state index in [1.54, 1.807) is 30.3 Å². The van der Waals surface area contributed by atoms with E-state index < -0.39 is 23.5 Å². The van der Waals surface area contributed by atoms with Crippen LogP contribution in [0.3, 0.4) is 0 Å². The van der Waals surface area contributed by atoms with Crippen LogP contribution in [0.4, 0.5) is 9.52 Å². The van der Waals surface area contributed by atoms with Crippen LogP contribution >= 0.6 is 27.3 Å². The summed E-state index contributed by atoms with van der Waals surface area (Å²) >= 11 is 4.55. The summed E-state index contributed by atoms with van der Waals surface area (Å²) in [6, 6.07) is 17.5. The largest absolute Gasteiger partial charge is 0.507 e. The van der Waals surface area contributed by atoms with Crippen molar-refractivity contribution in [3.63, 3.8) is 0 Å². The number of carbonyl (C=O) groups is 2. The van der Waals surface area contributed by atoms with E-state index in [1.807, 2.05) is 25.1 Å². The van der Waals surface area contributed by atoms with Crippen LogP contribution in [0.1, 0.15) is 22.7 Å². The molecular weight excluding hydrogens is 507 g/mol. The van der Waals surface area contributed by atoms with Crippen molar-refractivity contribution >= 4 is 60.1 Å². The fraction of sp³-hybridized carbons (Fsp3) is 0.0800. The van der Waals surface area contributed by atoms with Gasteiger partial charge in [0.2, 0.25) is 0 Å². The molecule has 164 valence electrons. The first kappa shape index (κ1) is 21.5. The number of aliphatic hydroxyl groups excluding tert-OH is 1. The summed E-state index contributed by atoms with van der Waals surface area (Å²) in [6.45, 7) is 1.92. The van der Waals surface area contributed by atoms with Crippen molar-refractivity contribution < 1.29 is 19.1 Å². The molecule has 5 nitrogen and oxygen atoms in total. The molecule has 4 aromatic rings. The monoisotopic (exact) mass is 522 g/mol. The number of carbonyl (C=O) groups excluding carboxylic acids is 2. The molecule has 1 aliphatic rings. The number of thiazole rings is 1. The predicted molar refractivity (Wildman–Crippen MR) is 130 cm³/mol. The molecule has 1 atom stereocenters. The van der Waals surface area contributed by atoms with Crippen LogP contribution in [0.5, 0.6) is 0 Å². The van der Waals surface area contributed by atoms with Gasteiger partial charge in [-0.1, -0.05) is 69.2 Å². The molecule has 0 unspecified atom stereocenters. The van der Waals surface area contributed by atoms with E-state index in [-0.39, 0.29) is 16.5 Å². The Bertz CT molecular complexity index is 1460. The lowest BCUT2D eigenvalue weighted by Crippen LogP contribution is -2.29. The average Bonchev–Trinajstić information content (AvgIpc) is 3.32. The molecule has 8 heteroatoms. The third-order valence-corrected chi connectivity index (χ3v) is 6.99. The highest BCUT2D eigenvalue weighted by Crippen LogP contribution is 2.44. The molecule has 1 aliphatic heterocycles. The maximum absolute atomic E-state index is 13.7. The summed E-state index contributed by atoms with van der Waals surface area (Å²) in [5, 5.41) is 11.4. The van der Waals surface area contributed by atoms with Crippen LogP contribution < -0.4 is 4.90 Å². The van der Waals surface area contributed by atoms with Gasteiger partial charge in [0, 0.05) is 10.0 Å². The number of amides is 1. The minimum atomic E-state index is -0.894. The Morgan fingerprint density at radius 2 is 1.85 bits per heavy atom. The van der Waals surface area contributed by atoms with E-state index in [1.165, 1.54) is 23.1 Å². The van der Waals surface area contributed by atoms with Gasteiger partial charge in [0.15, 0.2) is 5.13 Å². The molecule has 1 N–H and O–H groups in total. The number of rotatable bonds is 3. The number of aryl methyl sites for hydroxylation is 1. The van der Waals surface area contributed by atoms with Gasteiger partial charge < -0.3 is 5.11 Å². The van der Waals surface area contributed by atoms with Crippen LogP contribution in [0.25, 0.3) is 16.0 Å². The van der Waals surface area contributed by atoms with E-state index in [2.05, 4.69) is 20.9 Å². The molecule has 0 bridgehead atoms. The summed E-state index contributed by atoms with van der Waals surface area (Å²) in [5.74, 6) is -2.27. The lowest BCUT2D eigenvalue weighted by atomic mass is 9.95. The number of benzene rings is 3. The molecule has 1 saturated heterocycles. The Morgan fingerprint density at radius 3 is 2.58 bits per heavy atom. The molecular formula is C25H16BrFN2O3S. The van der Waals surface area contributed by atoms with Gasteiger partial charge >= 0.3 is 5.91 Å². The lowest BCUT2D eigenvalue weighted by Gasteiger charge is -2.23. The molecule has 5 rings (SSSR count). The Hall–Kier alpha value is -3.36. The van der Waals surface area contributed by atoms with E-state index in [9.17, 15) is 19.1 Å². The number of fused-ring (bicyclic) bond motifs is 1. The van der Waals surface area contributed by atoms with Crippen molar-refractivity contribution in [3.8, 4) is 0 Å². The number of anilines is 1. The zero-order valence-corrected chi connectivity index (χ0v) is 19.7. The smallest absolute Gasteiger partial charge is 0.301 e. The number of aromatic nitrogens is 1. The molecule has 0 aliphatic carbocycles. The predicted octanol–water partition coefficient (Wildman–Crippen LogP) is 6.13. The summed E-state index contributed by atoms with van der Waals surface area (Å²) in [5.41, 5.74) is 2.56. The highest BCUT2D eigenvalue weighted by Gasteiger charge is 2.48. The van der Waals surface area contributed by atoms with Crippen LogP contribution in [0.2, 0.25) is 0 Å². The number of hydrogen-bond acceptors (Lipinski definition) is 5. The number of halogens is 2. The third kappa shape index (κ3) is 3.75. The SMILES string of the molecule is Cc1ccc(/C(O)=C2\C(=O)C(=O)N(c3nc4ccc(F)cc4s3)[C@@H]2c2cccc(Br)c2)cc1. The maximum Gasteiger partial charge on any atom is 0.301 e. The van der Waals surface area contributed by atoms with E-state index in [4.69, 9.17) is 0 Å². The lowest BCUT2D eigenvalue weighted by molar-refractivity contribution is -0.132. The minimum absolute atomic E-state index is 0.0209. The van der Waals surface area contributed by atoms with Gasteiger partial charge in [-0.05, 0) is 42.8 Å². The molecule has 2 heterocycles. The summed E-state index contributed by atoms with van der Waals surface area (Å²) in [6.07, 6.45) is 0. The van der Waals surface area contributed by atoms with Gasteiger partial charge in [0.05, 0.1) is 21.8 Å². The quantitative estimate of drug-likeness (QED) is 0.199. The summed E-state index contributed by atoms with van der Waals surface area (Å²) in [7, 11) is 0. The first-order valence-electron chi connectivity index (χ1n) is 10.0. The number of aliphatic hydroxyl groups is 1. The number of Topliss-reactive ketones (excluding diaryl/α,β-unsaturated/α-hetero) is 1. The van der Waals surface area contributed by atoms with Crippen LogP contribution in [0.15, 0.2) is 76.8 Å². The van der Waals surface area contributed by atoms with Crippen molar-refractivity contribution in [2.24, 2.45) is 0 Å². The second-order valence-electron chi connectivity index (χ2n) is 7.70. The molecule has 1 fully saturated rings. The number of ketones is 1. The van der Waals surface area contributed by atoms with Gasteiger partial charge in [-0.15, -0.1) is 0 Å². The van der Waals surface area contributed by atoms with E-state index in [0.717, 1.165) is 21.4 Å². The highest BCUT2D eigenvalue weighted by molar-refractivity contribution is 9.10. The van der Waals surface area contributed by atoms with Crippen molar-refractivity contribution in [3.05, 3.63) is 99.3 Å². The fourth-order valence-electron chi connectivity index (χ4n) is 3.88. The van der Waals surface area contributed by atoms with Crippen molar-refractivity contribution in [2.45, 2.75) is 13.0 Å². The zero-order valence-electron chi connectivity index (χ0n) is 17.3. The molecule has 1 aromatic heterocycles. The normalized spacial score (nSPS) is 17.8. The standard InChI is InChI=1S/C25H16BrFN2O3S/c1-13-5-7-14(8-6-13)22(30)20-21(15-3-2-4-16(26)11-15)29(24(32)23(20)31)25-28-18-10-9-17(27)12-19(18)33-25/h2-12,21,30H,1H3/b22-20+/t21-/m1/s1. The van der Waals surface area contributed by atoms with Gasteiger partial charge in [-0.25, -0.2) is 9.37 Å². The first-order chi connectivity index (χ1) is 15.8. The molecule has 1 amide bonds. The van der Waals surface area contributed by atoms with Gasteiger partial charge in [0.1, 0.15) is 11.6 Å². The first-order valence-corrected chi connectivity index (χ1v) is 11.6. The summed E-state index contributed by atoms with van der Waals surface area (Å²) < 4.78 is 15.0. The Kier molecular flexibility index (Phi) is 5.34. The van der Waals surface area contributed by atoms with Crippen molar-refractivity contribution in [2.75, 3.05) is 4.90 Å². The Balaban J connectivity index is 1.74. The van der Waals surface area contributed by atoms with E-state index in [0.29, 0.717) is 21.3 Å². The molecule has 0 saturated carbocycles. The van der Waals surface area contributed by atoms with Gasteiger partial charge in [0.25, 0.3) is 5.78 Å². The third-order valence-electron chi connectivity index (χ3n) is 5.48. The molecule has 3 aromatic carbocycles. The minimum Gasteiger partial charge on any atom is -0.507 e. The van der Waals surface area contributed by atoms with Crippen molar-refractivity contribution in [1.82, 2.24) is 4.98 Å². The maximum atomic E-state index is 13.7. The van der Waals surface area contributed by atoms with Crippen molar-refractivity contribution in [1.29, 1.82) is 0 Å². The average molecular weight is 523 g/mol. The topological polar surface area (TPSA) is 70.5 Å². The Labute approximate surface area is 200 Å². The zero-order chi connectivity index (χ0) is 23.3. The second-order valence-corrected chi connectivity index (χ2v) is 9.62. The molecule has 0 radical (unpaired) electrons. The van der Waals surface area contributed by atoms with Crippen LogP contribution in [0, 0.1) is 12.7 Å². The van der Waals surface area contributed by atoms with Crippen LogP contribution in [-0.4, -0.2) is 21.8 Å². The van der Waals surface area contributed by atoms with E-state index >= 15 is 0 Å². The number of hydrogen-bond donors (Lipinski definition) is 1. The second kappa shape index (κ2) is 8.20. The van der Waals surface area contributed by atoms with Gasteiger partial charge in [-0.3, -0.25) is 14.5 Å².